The summed E-state index contributed by atoms with van der Waals surface area (Å²) in [4.78, 5) is 11.9. The summed E-state index contributed by atoms with van der Waals surface area (Å²) in [6.45, 7) is 0. The smallest absolute Gasteiger partial charge is 0.339 e. The lowest BCUT2D eigenvalue weighted by Crippen LogP contribution is -2.06. The van der Waals surface area contributed by atoms with Crippen LogP contribution in [0.4, 0.5) is 0 Å². The summed E-state index contributed by atoms with van der Waals surface area (Å²) < 4.78 is 5.32. The van der Waals surface area contributed by atoms with Crippen LogP contribution in [0.2, 0.25) is 0 Å². The maximum absolute atomic E-state index is 11.9. The van der Waals surface area contributed by atoms with E-state index < -0.39 is 0 Å². The molecule has 0 amide bonds. The number of carbonyl (C=O) groups excluding carboxylic acids is 1. The molecule has 0 N–H and O–H groups in total. The maximum Gasteiger partial charge on any atom is 0.339 e. The molecule has 2 aromatic rings. The minimum Gasteiger partial charge on any atom is -0.459 e. The van der Waals surface area contributed by atoms with Gasteiger partial charge in [0.25, 0.3) is 0 Å². The van der Waals surface area contributed by atoms with Crippen LogP contribution < -0.4 is 0 Å². The molecule has 16 heavy (non-hydrogen) atoms. The molecule has 2 heteroatoms. The highest BCUT2D eigenvalue weighted by Crippen LogP contribution is 2.26. The average Bonchev–Trinajstić information content (AvgIpc) is 3.12. The topological polar surface area (TPSA) is 26.3 Å². The van der Waals surface area contributed by atoms with E-state index in [9.17, 15) is 4.79 Å². The van der Waals surface area contributed by atoms with E-state index in [0.717, 1.165) is 23.6 Å². The van der Waals surface area contributed by atoms with Gasteiger partial charge in [-0.15, -0.1) is 0 Å². The van der Waals surface area contributed by atoms with Gasteiger partial charge in [-0.05, 0) is 29.7 Å². The van der Waals surface area contributed by atoms with Crippen molar-refractivity contribution in [1.82, 2.24) is 0 Å². The third-order valence-electron chi connectivity index (χ3n) is 2.81. The Hall–Kier alpha value is -1.83. The second kappa shape index (κ2) is 3.63. The molecule has 2 aromatic carbocycles. The van der Waals surface area contributed by atoms with Crippen LogP contribution in [-0.4, -0.2) is 12.1 Å². The molecular formula is C14H12O2. The van der Waals surface area contributed by atoms with E-state index in [4.69, 9.17) is 4.74 Å². The van der Waals surface area contributed by atoms with Gasteiger partial charge < -0.3 is 4.74 Å². The van der Waals surface area contributed by atoms with Crippen LogP contribution in [0.25, 0.3) is 10.8 Å². The Bertz CT molecular complexity index is 536. The first-order valence-corrected chi connectivity index (χ1v) is 5.53. The minimum atomic E-state index is -0.195. The third-order valence-corrected chi connectivity index (χ3v) is 2.81. The van der Waals surface area contributed by atoms with Crippen molar-refractivity contribution in [2.45, 2.75) is 18.9 Å². The van der Waals surface area contributed by atoms with Crippen molar-refractivity contribution in [2.75, 3.05) is 0 Å². The van der Waals surface area contributed by atoms with Crippen molar-refractivity contribution in [1.29, 1.82) is 0 Å². The summed E-state index contributed by atoms with van der Waals surface area (Å²) in [6.07, 6.45) is 2.18. The number of hydrogen-bond acceptors (Lipinski definition) is 2. The zero-order valence-corrected chi connectivity index (χ0v) is 8.85. The molecule has 1 saturated carbocycles. The number of benzene rings is 2. The average molecular weight is 212 g/mol. The highest BCUT2D eigenvalue weighted by Gasteiger charge is 2.26. The first kappa shape index (κ1) is 9.40. The number of rotatable bonds is 2. The van der Waals surface area contributed by atoms with Crippen LogP contribution in [0, 0.1) is 0 Å². The van der Waals surface area contributed by atoms with Gasteiger partial charge in [0.2, 0.25) is 0 Å². The molecule has 0 atom stereocenters. The summed E-state index contributed by atoms with van der Waals surface area (Å²) >= 11 is 0. The molecule has 0 spiro atoms. The van der Waals surface area contributed by atoms with Crippen LogP contribution in [0.1, 0.15) is 23.2 Å². The van der Waals surface area contributed by atoms with E-state index >= 15 is 0 Å². The van der Waals surface area contributed by atoms with E-state index in [1.165, 1.54) is 0 Å². The Balaban J connectivity index is 2.04. The molecule has 1 aliphatic rings. The summed E-state index contributed by atoms with van der Waals surface area (Å²) in [5.41, 5.74) is 0.671. The van der Waals surface area contributed by atoms with Crippen LogP contribution >= 0.6 is 0 Å². The second-order valence-corrected chi connectivity index (χ2v) is 4.13. The van der Waals surface area contributed by atoms with E-state index in [-0.39, 0.29) is 12.1 Å². The van der Waals surface area contributed by atoms with Gasteiger partial charge in [-0.3, -0.25) is 0 Å². The zero-order valence-electron chi connectivity index (χ0n) is 8.85. The first-order valence-electron chi connectivity index (χ1n) is 5.53. The second-order valence-electron chi connectivity index (χ2n) is 4.13. The SMILES string of the molecule is O=C(OC1CC1)c1cccc2ccccc12. The lowest BCUT2D eigenvalue weighted by atomic mass is 10.1. The molecule has 0 saturated heterocycles. The molecule has 1 fully saturated rings. The van der Waals surface area contributed by atoms with Crippen molar-refractivity contribution < 1.29 is 9.53 Å². The monoisotopic (exact) mass is 212 g/mol. The quantitative estimate of drug-likeness (QED) is 0.715. The molecule has 1 aliphatic carbocycles. The lowest BCUT2D eigenvalue weighted by Gasteiger charge is -2.06. The first-order chi connectivity index (χ1) is 7.84. The molecule has 0 aliphatic heterocycles. The number of esters is 1. The van der Waals surface area contributed by atoms with E-state index in [1.807, 2.05) is 42.5 Å². The van der Waals surface area contributed by atoms with Gasteiger partial charge in [-0.2, -0.15) is 0 Å². The molecule has 2 nitrogen and oxygen atoms in total. The van der Waals surface area contributed by atoms with Gasteiger partial charge in [-0.25, -0.2) is 4.79 Å². The largest absolute Gasteiger partial charge is 0.459 e. The van der Waals surface area contributed by atoms with Gasteiger partial charge in [0.15, 0.2) is 0 Å². The van der Waals surface area contributed by atoms with Crippen molar-refractivity contribution in [3.05, 3.63) is 48.0 Å². The molecule has 80 valence electrons. The third kappa shape index (κ3) is 1.67. The van der Waals surface area contributed by atoms with Crippen molar-refractivity contribution in [3.8, 4) is 0 Å². The van der Waals surface area contributed by atoms with Crippen LogP contribution in [0.5, 0.6) is 0 Å². The Morgan fingerprint density at radius 2 is 1.81 bits per heavy atom. The molecule has 0 bridgehead atoms. The number of carbonyl (C=O) groups is 1. The standard InChI is InChI=1S/C14H12O2/c15-14(16-11-8-9-11)13-7-3-5-10-4-1-2-6-12(10)13/h1-7,11H,8-9H2. The van der Waals surface area contributed by atoms with Gasteiger partial charge in [0.05, 0.1) is 5.56 Å². The van der Waals surface area contributed by atoms with Gasteiger partial charge in [0.1, 0.15) is 6.10 Å². The molecular weight excluding hydrogens is 200 g/mol. The Kier molecular flexibility index (Phi) is 2.13. The van der Waals surface area contributed by atoms with Gasteiger partial charge in [-0.1, -0.05) is 36.4 Å². The zero-order chi connectivity index (χ0) is 11.0. The fourth-order valence-electron chi connectivity index (χ4n) is 1.80. The fourth-order valence-corrected chi connectivity index (χ4v) is 1.80. The Morgan fingerprint density at radius 3 is 2.62 bits per heavy atom. The number of hydrogen-bond donors (Lipinski definition) is 0. The minimum absolute atomic E-state index is 0.159. The molecule has 0 heterocycles. The van der Waals surface area contributed by atoms with Gasteiger partial charge >= 0.3 is 5.97 Å². The fraction of sp³-hybridized carbons (Fsp3) is 0.214. The van der Waals surface area contributed by atoms with Crippen LogP contribution in [-0.2, 0) is 4.74 Å². The maximum atomic E-state index is 11.9. The number of fused-ring (bicyclic) bond motifs is 1. The van der Waals surface area contributed by atoms with Crippen LogP contribution in [0.3, 0.4) is 0 Å². The Morgan fingerprint density at radius 1 is 1.06 bits per heavy atom. The predicted molar refractivity (Wildman–Crippen MR) is 62.4 cm³/mol. The van der Waals surface area contributed by atoms with Crippen molar-refractivity contribution in [2.24, 2.45) is 0 Å². The van der Waals surface area contributed by atoms with Gasteiger partial charge in [0, 0.05) is 0 Å². The van der Waals surface area contributed by atoms with Crippen LogP contribution in [0.15, 0.2) is 42.5 Å². The normalized spacial score (nSPS) is 15.0. The van der Waals surface area contributed by atoms with Crippen molar-refractivity contribution >= 4 is 16.7 Å². The highest BCUT2D eigenvalue weighted by atomic mass is 16.5. The predicted octanol–water partition coefficient (Wildman–Crippen LogP) is 3.16. The number of ether oxygens (including phenoxy) is 1. The Labute approximate surface area is 93.8 Å². The lowest BCUT2D eigenvalue weighted by molar-refractivity contribution is 0.0474. The van der Waals surface area contributed by atoms with E-state index in [2.05, 4.69) is 0 Å². The van der Waals surface area contributed by atoms with E-state index in [0.29, 0.717) is 5.56 Å². The molecule has 0 radical (unpaired) electrons. The summed E-state index contributed by atoms with van der Waals surface area (Å²) in [7, 11) is 0. The molecule has 0 aromatic heterocycles. The molecule has 3 rings (SSSR count). The molecule has 0 unspecified atom stereocenters. The van der Waals surface area contributed by atoms with Crippen molar-refractivity contribution in [3.63, 3.8) is 0 Å². The van der Waals surface area contributed by atoms with E-state index in [1.54, 1.807) is 0 Å². The summed E-state index contributed by atoms with van der Waals surface area (Å²) in [5.74, 6) is -0.195. The highest BCUT2D eigenvalue weighted by molar-refractivity contribution is 6.04. The summed E-state index contributed by atoms with van der Waals surface area (Å²) in [6, 6.07) is 13.6. The summed E-state index contributed by atoms with van der Waals surface area (Å²) in [5, 5.41) is 2.04.